The molecule has 3 rings (SSSR count). The molecule has 0 radical (unpaired) electrons. The lowest BCUT2D eigenvalue weighted by molar-refractivity contribution is 0.586. The number of imidazole rings is 1. The summed E-state index contributed by atoms with van der Waals surface area (Å²) < 4.78 is 2.23. The van der Waals surface area contributed by atoms with Crippen molar-refractivity contribution in [2.75, 3.05) is 0 Å². The molecule has 4 heteroatoms. The third-order valence-corrected chi connectivity index (χ3v) is 3.88. The second-order valence-electron chi connectivity index (χ2n) is 5.76. The van der Waals surface area contributed by atoms with Gasteiger partial charge in [0.1, 0.15) is 0 Å². The van der Waals surface area contributed by atoms with Crippen LogP contribution in [0, 0.1) is 0 Å². The maximum absolute atomic E-state index is 4.58. The number of aromatic nitrogens is 3. The summed E-state index contributed by atoms with van der Waals surface area (Å²) in [5, 5.41) is 3.48. The minimum absolute atomic E-state index is 0.479. The van der Waals surface area contributed by atoms with Gasteiger partial charge in [-0.15, -0.1) is 0 Å². The highest BCUT2D eigenvalue weighted by molar-refractivity contribution is 5.41. The first-order valence-electron chi connectivity index (χ1n) is 7.47. The normalized spacial score (nSPS) is 14.6. The summed E-state index contributed by atoms with van der Waals surface area (Å²) in [7, 11) is 0. The first kappa shape index (κ1) is 13.3. The largest absolute Gasteiger partial charge is 0.310 e. The summed E-state index contributed by atoms with van der Waals surface area (Å²) in [4.78, 5) is 8.89. The molecule has 20 heavy (non-hydrogen) atoms. The number of hydrogen-bond acceptors (Lipinski definition) is 3. The van der Waals surface area contributed by atoms with Crippen molar-refractivity contribution in [3.05, 3.63) is 41.7 Å². The summed E-state index contributed by atoms with van der Waals surface area (Å²) in [5.41, 5.74) is 5.08. The Balaban J connectivity index is 1.95. The molecule has 2 heterocycles. The van der Waals surface area contributed by atoms with E-state index in [1.165, 1.54) is 29.8 Å². The van der Waals surface area contributed by atoms with Crippen LogP contribution in [0.4, 0.5) is 0 Å². The molecule has 1 N–H and O–H groups in total. The van der Waals surface area contributed by atoms with Gasteiger partial charge in [-0.2, -0.15) is 0 Å². The Morgan fingerprint density at radius 1 is 1.30 bits per heavy atom. The molecular weight excluding hydrogens is 248 g/mol. The smallest absolute Gasteiger partial charge is 0.0998 e. The van der Waals surface area contributed by atoms with Crippen molar-refractivity contribution in [2.24, 2.45) is 0 Å². The zero-order valence-electron chi connectivity index (χ0n) is 12.3. The van der Waals surface area contributed by atoms with Crippen LogP contribution in [-0.2, 0) is 19.4 Å². The monoisotopic (exact) mass is 270 g/mol. The highest BCUT2D eigenvalue weighted by atomic mass is 15.1. The van der Waals surface area contributed by atoms with Crippen LogP contribution in [-0.4, -0.2) is 20.6 Å². The highest BCUT2D eigenvalue weighted by Gasteiger charge is 2.17. The van der Waals surface area contributed by atoms with Gasteiger partial charge in [0, 0.05) is 24.5 Å². The Bertz CT molecular complexity index is 586. The maximum Gasteiger partial charge on any atom is 0.0998 e. The fourth-order valence-corrected chi connectivity index (χ4v) is 2.77. The number of hydrogen-bond donors (Lipinski definition) is 1. The van der Waals surface area contributed by atoms with Crippen LogP contribution in [0.2, 0.25) is 0 Å². The average Bonchev–Trinajstić information content (AvgIpc) is 2.89. The minimum Gasteiger partial charge on any atom is -0.310 e. The molecule has 4 nitrogen and oxygen atoms in total. The molecule has 0 fully saturated rings. The van der Waals surface area contributed by atoms with Gasteiger partial charge in [0.15, 0.2) is 0 Å². The molecule has 0 unspecified atom stereocenters. The van der Waals surface area contributed by atoms with Crippen LogP contribution in [0.15, 0.2) is 24.8 Å². The van der Waals surface area contributed by atoms with Crippen LogP contribution < -0.4 is 5.32 Å². The zero-order chi connectivity index (χ0) is 13.9. The minimum atomic E-state index is 0.479. The topological polar surface area (TPSA) is 42.7 Å². The Hall–Kier alpha value is -1.68. The van der Waals surface area contributed by atoms with Crippen molar-refractivity contribution in [3.63, 3.8) is 0 Å². The van der Waals surface area contributed by atoms with Crippen LogP contribution in [0.1, 0.15) is 43.6 Å². The maximum atomic E-state index is 4.58. The van der Waals surface area contributed by atoms with E-state index in [1.807, 2.05) is 18.7 Å². The fourth-order valence-electron chi connectivity index (χ4n) is 2.77. The summed E-state index contributed by atoms with van der Waals surface area (Å²) in [6.45, 7) is 5.20. The number of fused-ring (bicyclic) bond motifs is 1. The number of nitrogens with one attached hydrogen (secondary N) is 1. The van der Waals surface area contributed by atoms with E-state index in [4.69, 9.17) is 0 Å². The summed E-state index contributed by atoms with van der Waals surface area (Å²) in [5.74, 6) is 0. The van der Waals surface area contributed by atoms with Crippen LogP contribution >= 0.6 is 0 Å². The summed E-state index contributed by atoms with van der Waals surface area (Å²) in [6.07, 6.45) is 10.5. The van der Waals surface area contributed by atoms with Crippen molar-refractivity contribution >= 4 is 0 Å². The number of pyridine rings is 1. The van der Waals surface area contributed by atoms with E-state index in [0.717, 1.165) is 25.1 Å². The lowest BCUT2D eigenvalue weighted by atomic mass is 10.0. The van der Waals surface area contributed by atoms with Gasteiger partial charge >= 0.3 is 0 Å². The van der Waals surface area contributed by atoms with E-state index in [2.05, 4.69) is 39.8 Å². The fraction of sp³-hybridized carbons (Fsp3) is 0.500. The van der Waals surface area contributed by atoms with Crippen LogP contribution in [0.3, 0.4) is 0 Å². The average molecular weight is 270 g/mol. The van der Waals surface area contributed by atoms with E-state index in [0.29, 0.717) is 6.04 Å². The Morgan fingerprint density at radius 2 is 2.15 bits per heavy atom. The molecular formula is C16H22N4. The Kier molecular flexibility index (Phi) is 3.83. The van der Waals surface area contributed by atoms with Gasteiger partial charge in [0.2, 0.25) is 0 Å². The first-order valence-corrected chi connectivity index (χ1v) is 7.47. The van der Waals surface area contributed by atoms with Crippen LogP contribution in [0.5, 0.6) is 0 Å². The molecule has 2 aromatic rings. The van der Waals surface area contributed by atoms with Crippen molar-refractivity contribution < 1.29 is 0 Å². The molecule has 1 aliphatic rings. The van der Waals surface area contributed by atoms with Gasteiger partial charge in [-0.1, -0.05) is 13.8 Å². The lowest BCUT2D eigenvalue weighted by Crippen LogP contribution is -2.23. The summed E-state index contributed by atoms with van der Waals surface area (Å²) >= 11 is 0. The Morgan fingerprint density at radius 3 is 3.00 bits per heavy atom. The van der Waals surface area contributed by atoms with Gasteiger partial charge in [0.05, 0.1) is 23.9 Å². The second-order valence-corrected chi connectivity index (χ2v) is 5.76. The molecule has 2 aromatic heterocycles. The van der Waals surface area contributed by atoms with Crippen LogP contribution in [0.25, 0.3) is 5.69 Å². The number of rotatable bonds is 4. The molecule has 0 saturated heterocycles. The zero-order valence-corrected chi connectivity index (χ0v) is 12.3. The second kappa shape index (κ2) is 5.75. The molecule has 106 valence electrons. The van der Waals surface area contributed by atoms with Crippen molar-refractivity contribution in [2.45, 2.75) is 52.1 Å². The quantitative estimate of drug-likeness (QED) is 0.928. The molecule has 0 atom stereocenters. The van der Waals surface area contributed by atoms with Gasteiger partial charge < -0.3 is 9.88 Å². The Labute approximate surface area is 120 Å². The predicted molar refractivity (Wildman–Crippen MR) is 80.0 cm³/mol. The third kappa shape index (κ3) is 2.61. The lowest BCUT2D eigenvalue weighted by Gasteiger charge is -2.17. The first-order chi connectivity index (χ1) is 9.75. The summed E-state index contributed by atoms with van der Waals surface area (Å²) in [6, 6.07) is 2.58. The molecule has 0 saturated carbocycles. The van der Waals surface area contributed by atoms with Crippen molar-refractivity contribution in [3.8, 4) is 5.69 Å². The number of aryl methyl sites for hydroxylation is 1. The SMILES string of the molecule is CC(C)NCc1ccncc1-n1cnc2c1CCCC2. The third-order valence-electron chi connectivity index (χ3n) is 3.88. The molecule has 1 aliphatic carbocycles. The van der Waals surface area contributed by atoms with E-state index >= 15 is 0 Å². The highest BCUT2D eigenvalue weighted by Crippen LogP contribution is 2.24. The van der Waals surface area contributed by atoms with Crippen molar-refractivity contribution in [1.82, 2.24) is 19.9 Å². The van der Waals surface area contributed by atoms with E-state index in [9.17, 15) is 0 Å². The van der Waals surface area contributed by atoms with Gasteiger partial charge in [-0.05, 0) is 37.3 Å². The van der Waals surface area contributed by atoms with E-state index < -0.39 is 0 Å². The number of nitrogens with zero attached hydrogens (tertiary/aromatic N) is 3. The van der Waals surface area contributed by atoms with E-state index in [1.54, 1.807) is 0 Å². The van der Waals surface area contributed by atoms with Gasteiger partial charge in [-0.25, -0.2) is 4.98 Å². The molecule has 0 bridgehead atoms. The molecule has 0 spiro atoms. The van der Waals surface area contributed by atoms with E-state index in [-0.39, 0.29) is 0 Å². The molecule has 0 aliphatic heterocycles. The molecule has 0 aromatic carbocycles. The predicted octanol–water partition coefficient (Wildman–Crippen LogP) is 2.64. The van der Waals surface area contributed by atoms with Gasteiger partial charge in [0.25, 0.3) is 0 Å². The van der Waals surface area contributed by atoms with Gasteiger partial charge in [-0.3, -0.25) is 4.98 Å². The van der Waals surface area contributed by atoms with Crippen molar-refractivity contribution in [1.29, 1.82) is 0 Å². The molecule has 0 amide bonds. The standard InChI is InChI=1S/C16H22N4/c1-12(2)18-9-13-7-8-17-10-16(13)20-11-19-14-5-3-4-6-15(14)20/h7-8,10-12,18H,3-6,9H2,1-2H3.